The lowest BCUT2D eigenvalue weighted by Gasteiger charge is -2.28. The van der Waals surface area contributed by atoms with E-state index in [4.69, 9.17) is 0 Å². The molecule has 26 heavy (non-hydrogen) atoms. The lowest BCUT2D eigenvalue weighted by molar-refractivity contribution is -0.117. The van der Waals surface area contributed by atoms with Crippen LogP contribution in [0.4, 0.5) is 11.4 Å². The van der Waals surface area contributed by atoms with Crippen molar-refractivity contribution in [1.29, 1.82) is 0 Å². The number of nitrogens with zero attached hydrogens (tertiary/aromatic N) is 5. The summed E-state index contributed by atoms with van der Waals surface area (Å²) in [5, 5.41) is 19.0. The number of hydrogen-bond acceptors (Lipinski definition) is 6. The smallest absolute Gasteiger partial charge is 0.248 e. The second kappa shape index (κ2) is 7.65. The van der Waals surface area contributed by atoms with E-state index in [-0.39, 0.29) is 12.5 Å². The molecule has 1 aliphatic heterocycles. The third kappa shape index (κ3) is 3.91. The summed E-state index contributed by atoms with van der Waals surface area (Å²) in [6.45, 7) is 2.25. The van der Waals surface area contributed by atoms with Gasteiger partial charge >= 0.3 is 0 Å². The van der Waals surface area contributed by atoms with Gasteiger partial charge in [0.1, 0.15) is 6.54 Å². The van der Waals surface area contributed by atoms with E-state index in [1.807, 2.05) is 29.0 Å². The SMILES string of the molecule is O=C(Cn1nnc(-c2ccsc2)n1)Nc1ccc(N2CCCCC2)cc1. The molecular formula is C18H20N6OS. The number of amides is 1. The zero-order valence-corrected chi connectivity index (χ0v) is 15.2. The van der Waals surface area contributed by atoms with Crippen LogP contribution in [0.2, 0.25) is 0 Å². The average Bonchev–Trinajstić information content (AvgIpc) is 3.35. The van der Waals surface area contributed by atoms with Crippen LogP contribution in [0.15, 0.2) is 41.1 Å². The van der Waals surface area contributed by atoms with Gasteiger partial charge in [0.15, 0.2) is 0 Å². The molecule has 0 atom stereocenters. The van der Waals surface area contributed by atoms with Crippen LogP contribution in [-0.4, -0.2) is 39.2 Å². The fourth-order valence-electron chi connectivity index (χ4n) is 3.05. The Morgan fingerprint density at radius 3 is 2.65 bits per heavy atom. The van der Waals surface area contributed by atoms with Crippen LogP contribution in [0, 0.1) is 0 Å². The van der Waals surface area contributed by atoms with Crippen LogP contribution in [-0.2, 0) is 11.3 Å². The summed E-state index contributed by atoms with van der Waals surface area (Å²) in [6.07, 6.45) is 3.81. The molecule has 8 heteroatoms. The first-order valence-electron chi connectivity index (χ1n) is 8.73. The summed E-state index contributed by atoms with van der Waals surface area (Å²) in [6, 6.07) is 9.92. The molecule has 7 nitrogen and oxygen atoms in total. The highest BCUT2D eigenvalue weighted by Crippen LogP contribution is 2.22. The van der Waals surface area contributed by atoms with E-state index < -0.39 is 0 Å². The highest BCUT2D eigenvalue weighted by atomic mass is 32.1. The minimum absolute atomic E-state index is 0.0328. The van der Waals surface area contributed by atoms with Crippen molar-refractivity contribution in [3.8, 4) is 11.4 Å². The molecule has 0 bridgehead atoms. The molecule has 2 aromatic heterocycles. The second-order valence-corrected chi connectivity index (χ2v) is 7.08. The summed E-state index contributed by atoms with van der Waals surface area (Å²) >= 11 is 1.57. The molecule has 0 aliphatic carbocycles. The molecule has 0 unspecified atom stereocenters. The minimum Gasteiger partial charge on any atom is -0.372 e. The monoisotopic (exact) mass is 368 g/mol. The maximum absolute atomic E-state index is 12.2. The fraction of sp³-hybridized carbons (Fsp3) is 0.333. The predicted octanol–water partition coefficient (Wildman–Crippen LogP) is 3.03. The van der Waals surface area contributed by atoms with Gasteiger partial charge in [-0.1, -0.05) is 0 Å². The molecule has 0 saturated carbocycles. The van der Waals surface area contributed by atoms with Crippen molar-refractivity contribution in [3.63, 3.8) is 0 Å². The highest BCUT2D eigenvalue weighted by Gasteiger charge is 2.12. The van der Waals surface area contributed by atoms with Gasteiger partial charge < -0.3 is 10.2 Å². The van der Waals surface area contributed by atoms with Gasteiger partial charge in [0.05, 0.1) is 0 Å². The Morgan fingerprint density at radius 1 is 1.12 bits per heavy atom. The Hall–Kier alpha value is -2.74. The summed E-state index contributed by atoms with van der Waals surface area (Å²) < 4.78 is 0. The van der Waals surface area contributed by atoms with Gasteiger partial charge in [-0.15, -0.1) is 10.2 Å². The molecule has 1 N–H and O–H groups in total. The van der Waals surface area contributed by atoms with Gasteiger partial charge in [-0.2, -0.15) is 16.1 Å². The molecule has 1 aliphatic rings. The molecule has 3 heterocycles. The van der Waals surface area contributed by atoms with Crippen LogP contribution in [0.25, 0.3) is 11.4 Å². The number of benzene rings is 1. The van der Waals surface area contributed by atoms with Crippen molar-refractivity contribution in [1.82, 2.24) is 20.2 Å². The second-order valence-electron chi connectivity index (χ2n) is 6.30. The topological polar surface area (TPSA) is 75.9 Å². The zero-order chi connectivity index (χ0) is 17.8. The number of piperidine rings is 1. The normalized spacial score (nSPS) is 14.4. The number of thiophene rings is 1. The number of aromatic nitrogens is 4. The number of tetrazole rings is 1. The Kier molecular flexibility index (Phi) is 4.92. The summed E-state index contributed by atoms with van der Waals surface area (Å²) in [5.41, 5.74) is 2.89. The lowest BCUT2D eigenvalue weighted by Crippen LogP contribution is -2.29. The molecule has 1 fully saturated rings. The Morgan fingerprint density at radius 2 is 1.92 bits per heavy atom. The number of hydrogen-bond donors (Lipinski definition) is 1. The number of carbonyl (C=O) groups is 1. The first-order chi connectivity index (χ1) is 12.8. The van der Waals surface area contributed by atoms with Crippen molar-refractivity contribution < 1.29 is 4.79 Å². The Labute approximate surface area is 155 Å². The molecule has 0 radical (unpaired) electrons. The standard InChI is InChI=1S/C18H20N6OS/c25-17(12-24-21-18(20-22-24)14-8-11-26-13-14)19-15-4-6-16(7-5-15)23-9-2-1-3-10-23/h4-8,11,13H,1-3,9-10,12H2,(H,19,25). The van der Waals surface area contributed by atoms with Crippen LogP contribution in [0.1, 0.15) is 19.3 Å². The van der Waals surface area contributed by atoms with Crippen molar-refractivity contribution in [2.45, 2.75) is 25.8 Å². The van der Waals surface area contributed by atoms with E-state index in [0.29, 0.717) is 5.82 Å². The van der Waals surface area contributed by atoms with Crippen LogP contribution in [0.5, 0.6) is 0 Å². The first-order valence-corrected chi connectivity index (χ1v) is 9.67. The average molecular weight is 368 g/mol. The quantitative estimate of drug-likeness (QED) is 0.749. The molecule has 0 spiro atoms. The minimum atomic E-state index is -0.176. The molecule has 1 saturated heterocycles. The third-order valence-corrected chi connectivity index (χ3v) is 5.07. The Bertz CT molecular complexity index is 852. The van der Waals surface area contributed by atoms with Crippen molar-refractivity contribution in [2.24, 2.45) is 0 Å². The lowest BCUT2D eigenvalue weighted by atomic mass is 10.1. The van der Waals surface area contributed by atoms with Crippen molar-refractivity contribution >= 4 is 28.6 Å². The molecule has 3 aromatic rings. The van der Waals surface area contributed by atoms with Crippen LogP contribution in [0.3, 0.4) is 0 Å². The van der Waals surface area contributed by atoms with Gasteiger partial charge in [-0.05, 0) is 60.2 Å². The number of carbonyl (C=O) groups excluding carboxylic acids is 1. The van der Waals surface area contributed by atoms with E-state index in [1.165, 1.54) is 29.7 Å². The number of rotatable bonds is 5. The van der Waals surface area contributed by atoms with Crippen molar-refractivity contribution in [3.05, 3.63) is 41.1 Å². The number of nitrogens with one attached hydrogen (secondary N) is 1. The summed E-state index contributed by atoms with van der Waals surface area (Å²) in [5.74, 6) is 0.356. The van der Waals surface area contributed by atoms with E-state index in [0.717, 1.165) is 24.3 Å². The molecule has 134 valence electrons. The van der Waals surface area contributed by atoms with Crippen LogP contribution >= 0.6 is 11.3 Å². The van der Waals surface area contributed by atoms with E-state index >= 15 is 0 Å². The van der Waals surface area contributed by atoms with Gasteiger partial charge in [0.25, 0.3) is 0 Å². The molecular weight excluding hydrogens is 348 g/mol. The van der Waals surface area contributed by atoms with Crippen LogP contribution < -0.4 is 10.2 Å². The van der Waals surface area contributed by atoms with E-state index in [2.05, 4.69) is 37.8 Å². The predicted molar refractivity (Wildman–Crippen MR) is 102 cm³/mol. The fourth-order valence-corrected chi connectivity index (χ4v) is 3.69. The highest BCUT2D eigenvalue weighted by molar-refractivity contribution is 7.08. The molecule has 1 amide bonds. The van der Waals surface area contributed by atoms with E-state index in [9.17, 15) is 4.79 Å². The largest absolute Gasteiger partial charge is 0.372 e. The van der Waals surface area contributed by atoms with E-state index in [1.54, 1.807) is 11.3 Å². The van der Waals surface area contributed by atoms with Gasteiger partial charge in [-0.3, -0.25) is 4.79 Å². The Balaban J connectivity index is 1.34. The maximum atomic E-state index is 12.2. The van der Waals surface area contributed by atoms with Gasteiger partial charge in [0.2, 0.25) is 11.7 Å². The summed E-state index contributed by atoms with van der Waals surface area (Å²) in [7, 11) is 0. The summed E-state index contributed by atoms with van der Waals surface area (Å²) in [4.78, 5) is 15.9. The third-order valence-electron chi connectivity index (χ3n) is 4.39. The zero-order valence-electron chi connectivity index (χ0n) is 14.3. The van der Waals surface area contributed by atoms with Gasteiger partial charge in [0, 0.05) is 35.4 Å². The first kappa shape index (κ1) is 16.7. The van der Waals surface area contributed by atoms with Gasteiger partial charge in [-0.25, -0.2) is 0 Å². The maximum Gasteiger partial charge on any atom is 0.248 e. The number of anilines is 2. The van der Waals surface area contributed by atoms with Crippen molar-refractivity contribution in [2.75, 3.05) is 23.3 Å². The molecule has 1 aromatic carbocycles. The molecule has 4 rings (SSSR count).